The molecule has 0 aliphatic heterocycles. The number of ether oxygens (including phenoxy) is 3. The largest absolute Gasteiger partial charge is 0.493 e. The van der Waals surface area contributed by atoms with Crippen LogP contribution in [0.4, 0.5) is 4.39 Å². The molecule has 2 rings (SSSR count). The van der Waals surface area contributed by atoms with E-state index in [1.807, 2.05) is 25.1 Å². The van der Waals surface area contributed by atoms with Crippen LogP contribution in [0.15, 0.2) is 42.5 Å². The predicted molar refractivity (Wildman–Crippen MR) is 79.7 cm³/mol. The molecule has 0 bridgehead atoms. The van der Waals surface area contributed by atoms with Crippen LogP contribution in [0.25, 0.3) is 0 Å². The van der Waals surface area contributed by atoms with Gasteiger partial charge in [0.05, 0.1) is 20.3 Å². The molecule has 0 saturated carbocycles. The highest BCUT2D eigenvalue weighted by atomic mass is 19.1. The Balaban J connectivity index is 1.76. The standard InChI is InChI=1S/C17H19FO3/c1-13-8-9-16(17(12-13)19-2)21-11-5-10-20-15-7-4-3-6-14(15)18/h3-4,6-9,12H,5,10-11H2,1-2H3. The minimum Gasteiger partial charge on any atom is -0.493 e. The van der Waals surface area contributed by atoms with Gasteiger partial charge in [0, 0.05) is 6.42 Å². The first-order chi connectivity index (χ1) is 10.2. The summed E-state index contributed by atoms with van der Waals surface area (Å²) in [4.78, 5) is 0. The maximum atomic E-state index is 13.3. The Kier molecular flexibility index (Phi) is 5.43. The third-order valence-electron chi connectivity index (χ3n) is 2.96. The zero-order valence-electron chi connectivity index (χ0n) is 12.3. The molecule has 21 heavy (non-hydrogen) atoms. The average molecular weight is 290 g/mol. The third-order valence-corrected chi connectivity index (χ3v) is 2.96. The molecule has 0 aliphatic carbocycles. The van der Waals surface area contributed by atoms with Crippen molar-refractivity contribution in [1.29, 1.82) is 0 Å². The first kappa shape index (κ1) is 15.2. The van der Waals surface area contributed by atoms with E-state index in [1.54, 1.807) is 25.3 Å². The first-order valence-corrected chi connectivity index (χ1v) is 6.85. The van der Waals surface area contributed by atoms with Crippen LogP contribution in [0.1, 0.15) is 12.0 Å². The number of aryl methyl sites for hydroxylation is 1. The fraction of sp³-hybridized carbons (Fsp3) is 0.294. The molecule has 0 saturated heterocycles. The molecule has 0 atom stereocenters. The second-order valence-corrected chi connectivity index (χ2v) is 4.64. The van der Waals surface area contributed by atoms with Crippen molar-refractivity contribution in [2.45, 2.75) is 13.3 Å². The summed E-state index contributed by atoms with van der Waals surface area (Å²) in [6.07, 6.45) is 0.658. The van der Waals surface area contributed by atoms with Crippen LogP contribution in [0.5, 0.6) is 17.2 Å². The maximum Gasteiger partial charge on any atom is 0.165 e. The van der Waals surface area contributed by atoms with Crippen molar-refractivity contribution in [2.24, 2.45) is 0 Å². The van der Waals surface area contributed by atoms with Gasteiger partial charge < -0.3 is 14.2 Å². The number of rotatable bonds is 7. The van der Waals surface area contributed by atoms with E-state index in [9.17, 15) is 4.39 Å². The molecule has 0 amide bonds. The van der Waals surface area contributed by atoms with E-state index in [0.717, 1.165) is 5.56 Å². The molecule has 0 aromatic heterocycles. The lowest BCUT2D eigenvalue weighted by atomic mass is 10.2. The van der Waals surface area contributed by atoms with E-state index in [-0.39, 0.29) is 11.6 Å². The molecule has 0 radical (unpaired) electrons. The molecule has 0 heterocycles. The molecule has 0 spiro atoms. The van der Waals surface area contributed by atoms with Crippen molar-refractivity contribution in [3.05, 3.63) is 53.8 Å². The molecule has 4 heteroatoms. The Hall–Kier alpha value is -2.23. The summed E-state index contributed by atoms with van der Waals surface area (Å²) in [5, 5.41) is 0. The summed E-state index contributed by atoms with van der Waals surface area (Å²) >= 11 is 0. The normalized spacial score (nSPS) is 10.2. The van der Waals surface area contributed by atoms with Gasteiger partial charge in [-0.15, -0.1) is 0 Å². The molecule has 3 nitrogen and oxygen atoms in total. The average Bonchev–Trinajstić information content (AvgIpc) is 2.50. The van der Waals surface area contributed by atoms with Crippen molar-refractivity contribution < 1.29 is 18.6 Å². The lowest BCUT2D eigenvalue weighted by Gasteiger charge is -2.11. The Morgan fingerprint density at radius 3 is 2.33 bits per heavy atom. The minimum absolute atomic E-state index is 0.269. The lowest BCUT2D eigenvalue weighted by molar-refractivity contribution is 0.235. The molecule has 0 aliphatic rings. The zero-order chi connectivity index (χ0) is 15.1. The second kappa shape index (κ2) is 7.53. The first-order valence-electron chi connectivity index (χ1n) is 6.85. The number of para-hydroxylation sites is 1. The zero-order valence-corrected chi connectivity index (χ0v) is 12.3. The van der Waals surface area contributed by atoms with Gasteiger partial charge in [0.25, 0.3) is 0 Å². The van der Waals surface area contributed by atoms with E-state index in [1.165, 1.54) is 6.07 Å². The van der Waals surface area contributed by atoms with Gasteiger partial charge in [-0.3, -0.25) is 0 Å². The van der Waals surface area contributed by atoms with E-state index in [4.69, 9.17) is 14.2 Å². The fourth-order valence-corrected chi connectivity index (χ4v) is 1.88. The molecule has 2 aromatic rings. The number of hydrogen-bond donors (Lipinski definition) is 0. The van der Waals surface area contributed by atoms with E-state index < -0.39 is 0 Å². The van der Waals surface area contributed by atoms with Crippen molar-refractivity contribution in [3.63, 3.8) is 0 Å². The van der Waals surface area contributed by atoms with Gasteiger partial charge in [-0.25, -0.2) is 4.39 Å². The van der Waals surface area contributed by atoms with Crippen molar-refractivity contribution in [3.8, 4) is 17.2 Å². The monoisotopic (exact) mass is 290 g/mol. The van der Waals surface area contributed by atoms with Gasteiger partial charge in [0.1, 0.15) is 0 Å². The summed E-state index contributed by atoms with van der Waals surface area (Å²) in [5.41, 5.74) is 1.11. The minimum atomic E-state index is -0.348. The quantitative estimate of drug-likeness (QED) is 0.722. The van der Waals surface area contributed by atoms with E-state index in [2.05, 4.69) is 0 Å². The molecule has 0 fully saturated rings. The van der Waals surface area contributed by atoms with Crippen molar-refractivity contribution in [1.82, 2.24) is 0 Å². The third kappa shape index (κ3) is 4.38. The van der Waals surface area contributed by atoms with Gasteiger partial charge in [0.15, 0.2) is 23.1 Å². The van der Waals surface area contributed by atoms with Crippen LogP contribution >= 0.6 is 0 Å². The summed E-state index contributed by atoms with van der Waals surface area (Å²) < 4.78 is 29.6. The van der Waals surface area contributed by atoms with Gasteiger partial charge in [0.2, 0.25) is 0 Å². The van der Waals surface area contributed by atoms with Gasteiger partial charge in [-0.2, -0.15) is 0 Å². The summed E-state index contributed by atoms with van der Waals surface area (Å²) in [6, 6.07) is 12.1. The van der Waals surface area contributed by atoms with Gasteiger partial charge in [-0.05, 0) is 36.8 Å². The molecule has 112 valence electrons. The lowest BCUT2D eigenvalue weighted by Crippen LogP contribution is -2.06. The number of hydrogen-bond acceptors (Lipinski definition) is 3. The highest BCUT2D eigenvalue weighted by Crippen LogP contribution is 2.27. The topological polar surface area (TPSA) is 27.7 Å². The predicted octanol–water partition coefficient (Wildman–Crippen LogP) is 3.99. The van der Waals surface area contributed by atoms with Gasteiger partial charge in [-0.1, -0.05) is 18.2 Å². The van der Waals surface area contributed by atoms with E-state index >= 15 is 0 Å². The van der Waals surface area contributed by atoms with Crippen LogP contribution < -0.4 is 14.2 Å². The van der Waals surface area contributed by atoms with Crippen LogP contribution in [0, 0.1) is 12.7 Å². The Morgan fingerprint density at radius 2 is 1.62 bits per heavy atom. The molecule has 0 unspecified atom stereocenters. The Labute approximate surface area is 124 Å². The number of methoxy groups -OCH3 is 1. The highest BCUT2D eigenvalue weighted by molar-refractivity contribution is 5.42. The van der Waals surface area contributed by atoms with Crippen LogP contribution in [-0.2, 0) is 0 Å². The van der Waals surface area contributed by atoms with Crippen LogP contribution in [0.2, 0.25) is 0 Å². The summed E-state index contributed by atoms with van der Waals surface area (Å²) in [6.45, 7) is 2.87. The SMILES string of the molecule is COc1cc(C)ccc1OCCCOc1ccccc1F. The van der Waals surface area contributed by atoms with Gasteiger partial charge >= 0.3 is 0 Å². The number of benzene rings is 2. The highest BCUT2D eigenvalue weighted by Gasteiger charge is 2.05. The second-order valence-electron chi connectivity index (χ2n) is 4.64. The number of halogens is 1. The molecular formula is C17H19FO3. The summed E-state index contributed by atoms with van der Waals surface area (Å²) in [7, 11) is 1.61. The smallest absolute Gasteiger partial charge is 0.165 e. The molecule has 0 N–H and O–H groups in total. The Morgan fingerprint density at radius 1 is 0.905 bits per heavy atom. The molecule has 2 aromatic carbocycles. The van der Waals surface area contributed by atoms with Crippen molar-refractivity contribution in [2.75, 3.05) is 20.3 Å². The maximum absolute atomic E-state index is 13.3. The van der Waals surface area contributed by atoms with Crippen LogP contribution in [-0.4, -0.2) is 20.3 Å². The van der Waals surface area contributed by atoms with E-state index in [0.29, 0.717) is 31.1 Å². The summed E-state index contributed by atoms with van der Waals surface area (Å²) in [5.74, 6) is 1.34. The fourth-order valence-electron chi connectivity index (χ4n) is 1.88. The van der Waals surface area contributed by atoms with Crippen molar-refractivity contribution >= 4 is 0 Å². The molecular weight excluding hydrogens is 271 g/mol. The van der Waals surface area contributed by atoms with Crippen LogP contribution in [0.3, 0.4) is 0 Å². The Bertz CT molecular complexity index is 584.